The van der Waals surface area contributed by atoms with Crippen molar-refractivity contribution in [1.82, 2.24) is 19.5 Å². The summed E-state index contributed by atoms with van der Waals surface area (Å²) in [5.41, 5.74) is 1.80. The number of rotatable bonds is 0. The predicted octanol–water partition coefficient (Wildman–Crippen LogP) is 0.478. The molecule has 0 aliphatic rings. The van der Waals surface area contributed by atoms with E-state index in [1.807, 2.05) is 25.1 Å². The van der Waals surface area contributed by atoms with Crippen molar-refractivity contribution in [2.75, 3.05) is 0 Å². The van der Waals surface area contributed by atoms with E-state index < -0.39 is 11.2 Å². The fourth-order valence-electron chi connectivity index (χ4n) is 1.84. The van der Waals surface area contributed by atoms with Crippen LogP contribution in [0.25, 0.3) is 22.2 Å². The first-order chi connectivity index (χ1) is 8.56. The molecule has 1 aromatic carbocycles. The Bertz CT molecular complexity index is 892. The van der Waals surface area contributed by atoms with Gasteiger partial charge >= 0.3 is 5.69 Å². The molecule has 0 aliphatic heterocycles. The van der Waals surface area contributed by atoms with Crippen LogP contribution in [-0.2, 0) is 7.05 Å². The second-order valence-electron chi connectivity index (χ2n) is 4.21. The molecule has 6 nitrogen and oxygen atoms in total. The van der Waals surface area contributed by atoms with E-state index in [1.165, 1.54) is 7.05 Å². The molecule has 0 atom stereocenters. The van der Waals surface area contributed by atoms with Gasteiger partial charge in [-0.1, -0.05) is 6.07 Å². The molecule has 3 aromatic rings. The number of aromatic amines is 1. The van der Waals surface area contributed by atoms with E-state index >= 15 is 0 Å². The smallest absolute Gasteiger partial charge is 0.290 e. The third kappa shape index (κ3) is 1.42. The molecule has 0 spiro atoms. The Hall–Kier alpha value is -2.50. The van der Waals surface area contributed by atoms with Crippen molar-refractivity contribution in [3.05, 3.63) is 44.6 Å². The maximum absolute atomic E-state index is 11.9. The SMILES string of the molecule is Cc1ccc2nc3c(=O)n(C)c(=O)[nH]c3nc2c1. The third-order valence-electron chi connectivity index (χ3n) is 2.86. The molecule has 3 rings (SSSR count). The number of nitrogens with one attached hydrogen (secondary N) is 1. The molecule has 1 N–H and O–H groups in total. The fraction of sp³-hybridized carbons (Fsp3) is 0.167. The van der Waals surface area contributed by atoms with Crippen LogP contribution in [0.4, 0.5) is 0 Å². The summed E-state index contributed by atoms with van der Waals surface area (Å²) in [5.74, 6) is 0. The zero-order valence-corrected chi connectivity index (χ0v) is 9.89. The molecule has 0 unspecified atom stereocenters. The number of benzene rings is 1. The van der Waals surface area contributed by atoms with E-state index in [9.17, 15) is 9.59 Å². The van der Waals surface area contributed by atoms with Gasteiger partial charge in [0, 0.05) is 7.05 Å². The van der Waals surface area contributed by atoms with E-state index in [1.54, 1.807) is 0 Å². The number of hydrogen-bond acceptors (Lipinski definition) is 4. The molecule has 18 heavy (non-hydrogen) atoms. The molecule has 0 amide bonds. The van der Waals surface area contributed by atoms with Crippen LogP contribution in [0, 0.1) is 6.92 Å². The Morgan fingerprint density at radius 2 is 1.94 bits per heavy atom. The Morgan fingerprint density at radius 1 is 1.17 bits per heavy atom. The van der Waals surface area contributed by atoms with Gasteiger partial charge in [-0.25, -0.2) is 14.8 Å². The van der Waals surface area contributed by atoms with Crippen LogP contribution in [-0.4, -0.2) is 19.5 Å². The number of hydrogen-bond donors (Lipinski definition) is 1. The van der Waals surface area contributed by atoms with Crippen LogP contribution >= 0.6 is 0 Å². The summed E-state index contributed by atoms with van der Waals surface area (Å²) >= 11 is 0. The predicted molar refractivity (Wildman–Crippen MR) is 67.6 cm³/mol. The molecule has 0 saturated carbocycles. The molecule has 0 saturated heterocycles. The summed E-state index contributed by atoms with van der Waals surface area (Å²) in [4.78, 5) is 34.5. The summed E-state index contributed by atoms with van der Waals surface area (Å²) in [6.07, 6.45) is 0. The minimum atomic E-state index is -0.492. The molecule has 0 bridgehead atoms. The van der Waals surface area contributed by atoms with Crippen LogP contribution in [0.5, 0.6) is 0 Å². The van der Waals surface area contributed by atoms with Gasteiger partial charge in [-0.05, 0) is 24.6 Å². The number of aryl methyl sites for hydroxylation is 1. The van der Waals surface area contributed by atoms with Crippen molar-refractivity contribution >= 4 is 22.2 Å². The van der Waals surface area contributed by atoms with Crippen molar-refractivity contribution in [3.8, 4) is 0 Å². The van der Waals surface area contributed by atoms with Crippen molar-refractivity contribution in [2.45, 2.75) is 6.92 Å². The highest BCUT2D eigenvalue weighted by Gasteiger charge is 2.08. The standard InChI is InChI=1S/C12H10N4O2/c1-6-3-4-7-8(5-6)14-10-9(13-7)11(17)16(2)12(18)15-10/h3-5H,1-2H3,(H,14,15,18). The van der Waals surface area contributed by atoms with Crippen molar-refractivity contribution < 1.29 is 0 Å². The van der Waals surface area contributed by atoms with Crippen LogP contribution in [0.1, 0.15) is 5.56 Å². The highest BCUT2D eigenvalue weighted by molar-refractivity contribution is 5.83. The fourth-order valence-corrected chi connectivity index (χ4v) is 1.84. The molecule has 2 aromatic heterocycles. The van der Waals surface area contributed by atoms with Crippen LogP contribution < -0.4 is 11.2 Å². The van der Waals surface area contributed by atoms with E-state index in [0.29, 0.717) is 11.0 Å². The average Bonchev–Trinajstić information content (AvgIpc) is 2.34. The summed E-state index contributed by atoms with van der Waals surface area (Å²) in [5, 5.41) is 0. The first-order valence-corrected chi connectivity index (χ1v) is 5.44. The number of fused-ring (bicyclic) bond motifs is 2. The quantitative estimate of drug-likeness (QED) is 0.581. The van der Waals surface area contributed by atoms with Gasteiger partial charge in [-0.3, -0.25) is 14.3 Å². The Kier molecular flexibility index (Phi) is 2.07. The number of nitrogens with zero attached hydrogens (tertiary/aromatic N) is 3. The first kappa shape index (κ1) is 10.6. The van der Waals surface area contributed by atoms with Crippen LogP contribution in [0.15, 0.2) is 27.8 Å². The summed E-state index contributed by atoms with van der Waals surface area (Å²) in [6.45, 7) is 1.94. The van der Waals surface area contributed by atoms with Gasteiger partial charge in [-0.2, -0.15) is 0 Å². The molecule has 2 heterocycles. The van der Waals surface area contributed by atoms with E-state index in [-0.39, 0.29) is 11.2 Å². The molecule has 6 heteroatoms. The molecular weight excluding hydrogens is 232 g/mol. The van der Waals surface area contributed by atoms with E-state index in [4.69, 9.17) is 0 Å². The molecule has 0 aliphatic carbocycles. The van der Waals surface area contributed by atoms with Crippen LogP contribution in [0.2, 0.25) is 0 Å². The lowest BCUT2D eigenvalue weighted by atomic mass is 10.2. The molecule has 0 fully saturated rings. The lowest BCUT2D eigenvalue weighted by Crippen LogP contribution is -2.33. The first-order valence-electron chi connectivity index (χ1n) is 5.44. The minimum Gasteiger partial charge on any atom is -0.290 e. The Labute approximate surface area is 101 Å². The maximum atomic E-state index is 11.9. The zero-order chi connectivity index (χ0) is 12.9. The van der Waals surface area contributed by atoms with Gasteiger partial charge in [-0.15, -0.1) is 0 Å². The Morgan fingerprint density at radius 3 is 2.72 bits per heavy atom. The average molecular weight is 242 g/mol. The second-order valence-corrected chi connectivity index (χ2v) is 4.21. The lowest BCUT2D eigenvalue weighted by Gasteiger charge is -2.02. The van der Waals surface area contributed by atoms with Gasteiger partial charge < -0.3 is 0 Å². The summed E-state index contributed by atoms with van der Waals surface area (Å²) < 4.78 is 0.983. The highest BCUT2D eigenvalue weighted by Crippen LogP contribution is 2.13. The highest BCUT2D eigenvalue weighted by atomic mass is 16.2. The van der Waals surface area contributed by atoms with Crippen molar-refractivity contribution in [3.63, 3.8) is 0 Å². The summed E-state index contributed by atoms with van der Waals surface area (Å²) in [7, 11) is 1.40. The van der Waals surface area contributed by atoms with Gasteiger partial charge in [0.2, 0.25) is 0 Å². The largest absolute Gasteiger partial charge is 0.329 e. The minimum absolute atomic E-state index is 0.174. The topological polar surface area (TPSA) is 80.6 Å². The van der Waals surface area contributed by atoms with Gasteiger partial charge in [0.15, 0.2) is 11.2 Å². The van der Waals surface area contributed by atoms with E-state index in [0.717, 1.165) is 10.1 Å². The van der Waals surface area contributed by atoms with Crippen molar-refractivity contribution in [2.24, 2.45) is 7.05 Å². The van der Waals surface area contributed by atoms with Gasteiger partial charge in [0.25, 0.3) is 5.56 Å². The van der Waals surface area contributed by atoms with Crippen molar-refractivity contribution in [1.29, 1.82) is 0 Å². The number of H-pyrrole nitrogens is 1. The third-order valence-corrected chi connectivity index (χ3v) is 2.86. The molecule has 90 valence electrons. The molecule has 0 radical (unpaired) electrons. The zero-order valence-electron chi connectivity index (χ0n) is 9.89. The van der Waals surface area contributed by atoms with Crippen LogP contribution in [0.3, 0.4) is 0 Å². The van der Waals surface area contributed by atoms with E-state index in [2.05, 4.69) is 15.0 Å². The van der Waals surface area contributed by atoms with Gasteiger partial charge in [0.1, 0.15) is 0 Å². The lowest BCUT2D eigenvalue weighted by molar-refractivity contribution is 0.788. The Balaban J connectivity index is 2.57. The maximum Gasteiger partial charge on any atom is 0.329 e. The molecular formula is C12H10N4O2. The van der Waals surface area contributed by atoms with Gasteiger partial charge in [0.05, 0.1) is 11.0 Å². The monoisotopic (exact) mass is 242 g/mol. The second kappa shape index (κ2) is 3.49. The normalized spacial score (nSPS) is 11.2. The number of aromatic nitrogens is 4. The summed E-state index contributed by atoms with van der Waals surface area (Å²) in [6, 6.07) is 5.57.